The Balaban J connectivity index is 3.18. The Hall–Kier alpha value is -0.300. The van der Waals surface area contributed by atoms with E-state index in [1.807, 2.05) is 7.05 Å². The van der Waals surface area contributed by atoms with Crippen molar-refractivity contribution in [3.8, 4) is 0 Å². The Morgan fingerprint density at radius 1 is 1.20 bits per heavy atom. The molecule has 0 amide bonds. The summed E-state index contributed by atoms with van der Waals surface area (Å²) in [6.45, 7) is 6.72. The minimum Gasteiger partial charge on any atom is -0.317 e. The summed E-state index contributed by atoms with van der Waals surface area (Å²) in [6.07, 6.45) is 11.7. The normalized spacial score (nSPS) is 14.3. The van der Waals surface area contributed by atoms with Gasteiger partial charge in [-0.15, -0.1) is 0 Å². The maximum absolute atomic E-state index is 3.28. The lowest BCUT2D eigenvalue weighted by Gasteiger charge is -2.08. The largest absolute Gasteiger partial charge is 0.317 e. The van der Waals surface area contributed by atoms with Crippen LogP contribution in [0.2, 0.25) is 0 Å². The molecular weight excluding hydrogens is 182 g/mol. The molecule has 15 heavy (non-hydrogen) atoms. The fourth-order valence-corrected chi connectivity index (χ4v) is 1.59. The molecule has 0 aromatic carbocycles. The summed E-state index contributed by atoms with van der Waals surface area (Å²) in [5.41, 5.74) is 1.54. The first-order valence-electron chi connectivity index (χ1n) is 6.53. The SMILES string of the molecule is CCC(C)=CCCCCCCC(C)NC. The van der Waals surface area contributed by atoms with E-state index in [-0.39, 0.29) is 0 Å². The third-order valence-electron chi connectivity index (χ3n) is 3.13. The van der Waals surface area contributed by atoms with Gasteiger partial charge in [-0.05, 0) is 46.6 Å². The Bertz CT molecular complexity index is 161. The molecule has 1 nitrogen and oxygen atoms in total. The van der Waals surface area contributed by atoms with E-state index in [0.717, 1.165) is 0 Å². The van der Waals surface area contributed by atoms with Crippen molar-refractivity contribution in [3.05, 3.63) is 11.6 Å². The summed E-state index contributed by atoms with van der Waals surface area (Å²) in [7, 11) is 2.04. The van der Waals surface area contributed by atoms with Crippen LogP contribution in [0.4, 0.5) is 0 Å². The van der Waals surface area contributed by atoms with E-state index in [2.05, 4.69) is 32.2 Å². The molecule has 1 atom stereocenters. The van der Waals surface area contributed by atoms with Gasteiger partial charge in [0, 0.05) is 6.04 Å². The second kappa shape index (κ2) is 10.2. The fourth-order valence-electron chi connectivity index (χ4n) is 1.59. The molecule has 0 aromatic rings. The van der Waals surface area contributed by atoms with Gasteiger partial charge in [-0.2, -0.15) is 0 Å². The molecule has 1 N–H and O–H groups in total. The van der Waals surface area contributed by atoms with Gasteiger partial charge in [0.15, 0.2) is 0 Å². The number of allylic oxidation sites excluding steroid dienone is 2. The van der Waals surface area contributed by atoms with Crippen molar-refractivity contribution < 1.29 is 0 Å². The van der Waals surface area contributed by atoms with Crippen LogP contribution >= 0.6 is 0 Å². The number of unbranched alkanes of at least 4 members (excludes halogenated alkanes) is 4. The Morgan fingerprint density at radius 3 is 2.47 bits per heavy atom. The third-order valence-corrected chi connectivity index (χ3v) is 3.13. The maximum atomic E-state index is 3.28. The number of nitrogens with one attached hydrogen (secondary N) is 1. The van der Waals surface area contributed by atoms with Crippen molar-refractivity contribution in [3.63, 3.8) is 0 Å². The van der Waals surface area contributed by atoms with Gasteiger partial charge < -0.3 is 5.32 Å². The predicted octanol–water partition coefficient (Wildman–Crippen LogP) is 4.29. The van der Waals surface area contributed by atoms with Gasteiger partial charge in [-0.25, -0.2) is 0 Å². The molecule has 0 saturated heterocycles. The van der Waals surface area contributed by atoms with Gasteiger partial charge in [-0.3, -0.25) is 0 Å². The zero-order chi connectivity index (χ0) is 11.5. The summed E-state index contributed by atoms with van der Waals surface area (Å²) in [5.74, 6) is 0. The lowest BCUT2D eigenvalue weighted by molar-refractivity contribution is 0.515. The zero-order valence-electron chi connectivity index (χ0n) is 11.1. The first-order valence-corrected chi connectivity index (χ1v) is 6.53. The van der Waals surface area contributed by atoms with E-state index in [9.17, 15) is 0 Å². The average Bonchev–Trinajstić information content (AvgIpc) is 2.26. The van der Waals surface area contributed by atoms with Gasteiger partial charge in [0.05, 0.1) is 0 Å². The molecule has 0 aliphatic rings. The van der Waals surface area contributed by atoms with Crippen LogP contribution in [-0.2, 0) is 0 Å². The molecule has 0 radical (unpaired) electrons. The van der Waals surface area contributed by atoms with Crippen LogP contribution in [0.3, 0.4) is 0 Å². The molecule has 0 saturated carbocycles. The second-order valence-electron chi connectivity index (χ2n) is 4.59. The van der Waals surface area contributed by atoms with Crippen LogP contribution in [0, 0.1) is 0 Å². The number of hydrogen-bond acceptors (Lipinski definition) is 1. The van der Waals surface area contributed by atoms with Crippen LogP contribution in [0.15, 0.2) is 11.6 Å². The number of hydrogen-bond donors (Lipinski definition) is 1. The molecule has 0 fully saturated rings. The fraction of sp³-hybridized carbons (Fsp3) is 0.857. The van der Waals surface area contributed by atoms with Crippen molar-refractivity contribution in [2.45, 2.75) is 71.8 Å². The summed E-state index contributed by atoms with van der Waals surface area (Å²) in [6, 6.07) is 0.687. The van der Waals surface area contributed by atoms with Gasteiger partial charge in [0.2, 0.25) is 0 Å². The van der Waals surface area contributed by atoms with Crippen LogP contribution in [0.1, 0.15) is 65.7 Å². The van der Waals surface area contributed by atoms with E-state index in [0.29, 0.717) is 6.04 Å². The molecule has 0 spiro atoms. The highest BCUT2D eigenvalue weighted by Gasteiger charge is 1.96. The lowest BCUT2D eigenvalue weighted by atomic mass is 10.1. The van der Waals surface area contributed by atoms with E-state index in [1.54, 1.807) is 5.57 Å². The van der Waals surface area contributed by atoms with Crippen molar-refractivity contribution in [1.82, 2.24) is 5.32 Å². The molecule has 0 aromatic heterocycles. The third kappa shape index (κ3) is 9.99. The minimum atomic E-state index is 0.687. The quantitative estimate of drug-likeness (QED) is 0.443. The first kappa shape index (κ1) is 14.7. The van der Waals surface area contributed by atoms with Crippen LogP contribution in [-0.4, -0.2) is 13.1 Å². The molecule has 0 heterocycles. The molecule has 1 heteroatoms. The predicted molar refractivity (Wildman–Crippen MR) is 70.3 cm³/mol. The Morgan fingerprint density at radius 2 is 1.87 bits per heavy atom. The highest BCUT2D eigenvalue weighted by atomic mass is 14.8. The van der Waals surface area contributed by atoms with E-state index >= 15 is 0 Å². The lowest BCUT2D eigenvalue weighted by Crippen LogP contribution is -2.20. The van der Waals surface area contributed by atoms with Crippen LogP contribution < -0.4 is 5.32 Å². The summed E-state index contributed by atoms with van der Waals surface area (Å²) in [5, 5.41) is 3.28. The summed E-state index contributed by atoms with van der Waals surface area (Å²) < 4.78 is 0. The summed E-state index contributed by atoms with van der Waals surface area (Å²) in [4.78, 5) is 0. The molecule has 1 unspecified atom stereocenters. The molecule has 90 valence electrons. The minimum absolute atomic E-state index is 0.687. The molecule has 0 aliphatic heterocycles. The monoisotopic (exact) mass is 211 g/mol. The van der Waals surface area contributed by atoms with E-state index < -0.39 is 0 Å². The van der Waals surface area contributed by atoms with E-state index in [4.69, 9.17) is 0 Å². The highest BCUT2D eigenvalue weighted by Crippen LogP contribution is 2.09. The topological polar surface area (TPSA) is 12.0 Å². The highest BCUT2D eigenvalue weighted by molar-refractivity contribution is 4.96. The van der Waals surface area contributed by atoms with Gasteiger partial charge in [-0.1, -0.05) is 37.8 Å². The van der Waals surface area contributed by atoms with Gasteiger partial charge in [0.25, 0.3) is 0 Å². The van der Waals surface area contributed by atoms with Crippen molar-refractivity contribution in [2.75, 3.05) is 7.05 Å². The summed E-state index contributed by atoms with van der Waals surface area (Å²) >= 11 is 0. The molecule has 0 bridgehead atoms. The first-order chi connectivity index (χ1) is 7.20. The Labute approximate surface area is 96.3 Å². The number of rotatable bonds is 9. The molecule has 0 aliphatic carbocycles. The smallest absolute Gasteiger partial charge is 0.00357 e. The van der Waals surface area contributed by atoms with Gasteiger partial charge in [0.1, 0.15) is 0 Å². The molecule has 0 rings (SSSR count). The van der Waals surface area contributed by atoms with Gasteiger partial charge >= 0.3 is 0 Å². The van der Waals surface area contributed by atoms with Crippen molar-refractivity contribution >= 4 is 0 Å². The average molecular weight is 211 g/mol. The second-order valence-corrected chi connectivity index (χ2v) is 4.59. The zero-order valence-corrected chi connectivity index (χ0v) is 11.1. The van der Waals surface area contributed by atoms with E-state index in [1.165, 1.54) is 44.9 Å². The van der Waals surface area contributed by atoms with Crippen molar-refractivity contribution in [1.29, 1.82) is 0 Å². The van der Waals surface area contributed by atoms with Crippen LogP contribution in [0.5, 0.6) is 0 Å². The maximum Gasteiger partial charge on any atom is 0.00357 e. The Kier molecular flexibility index (Phi) is 10.0. The standard InChI is InChI=1S/C14H29N/c1-5-13(2)11-9-7-6-8-10-12-14(3)15-4/h11,14-15H,5-10,12H2,1-4H3. The molecular formula is C14H29N. The van der Waals surface area contributed by atoms with Crippen molar-refractivity contribution in [2.24, 2.45) is 0 Å². The van der Waals surface area contributed by atoms with Crippen LogP contribution in [0.25, 0.3) is 0 Å².